The second kappa shape index (κ2) is 13.5. The number of benzene rings is 1. The molecular formula is C23H32N6O6S. The van der Waals surface area contributed by atoms with E-state index in [0.717, 1.165) is 0 Å². The summed E-state index contributed by atoms with van der Waals surface area (Å²) in [5.41, 5.74) is 6.88. The molecule has 196 valence electrons. The summed E-state index contributed by atoms with van der Waals surface area (Å²) in [4.78, 5) is 57.1. The van der Waals surface area contributed by atoms with E-state index in [9.17, 15) is 29.4 Å². The predicted octanol–water partition coefficient (Wildman–Crippen LogP) is -0.647. The SMILES string of the molecule is CC(C)C(NC(=O)C(Cc1cnc[nH]1)NC(=O)C(N)CS)C(=O)NC(Cc1ccc(O)cc1)C(=O)O. The molecule has 0 fully saturated rings. The maximum absolute atomic E-state index is 13.1. The Balaban J connectivity index is 2.15. The number of carboxylic acids is 1. The van der Waals surface area contributed by atoms with Crippen molar-refractivity contribution in [2.75, 3.05) is 5.75 Å². The number of nitrogens with zero attached hydrogens (tertiary/aromatic N) is 1. The zero-order chi connectivity index (χ0) is 26.8. The van der Waals surface area contributed by atoms with Gasteiger partial charge in [0.2, 0.25) is 17.7 Å². The number of aliphatic carboxylic acids is 1. The van der Waals surface area contributed by atoms with Crippen LogP contribution in [0.4, 0.5) is 0 Å². The highest BCUT2D eigenvalue weighted by Gasteiger charge is 2.32. The summed E-state index contributed by atoms with van der Waals surface area (Å²) in [5.74, 6) is -3.49. The minimum Gasteiger partial charge on any atom is -0.508 e. The van der Waals surface area contributed by atoms with E-state index in [1.165, 1.54) is 24.7 Å². The first-order chi connectivity index (χ1) is 17.0. The quantitative estimate of drug-likeness (QED) is 0.159. The van der Waals surface area contributed by atoms with Crippen molar-refractivity contribution in [2.45, 2.75) is 50.9 Å². The van der Waals surface area contributed by atoms with Crippen LogP contribution in [0, 0.1) is 5.92 Å². The summed E-state index contributed by atoms with van der Waals surface area (Å²) in [6.45, 7) is 3.39. The maximum Gasteiger partial charge on any atom is 0.326 e. The van der Waals surface area contributed by atoms with Gasteiger partial charge in [0, 0.05) is 30.5 Å². The molecule has 0 aliphatic heterocycles. The van der Waals surface area contributed by atoms with Gasteiger partial charge < -0.3 is 36.9 Å². The molecule has 4 unspecified atom stereocenters. The number of carbonyl (C=O) groups is 4. The van der Waals surface area contributed by atoms with Crippen molar-refractivity contribution in [1.82, 2.24) is 25.9 Å². The van der Waals surface area contributed by atoms with Crippen molar-refractivity contribution in [1.29, 1.82) is 0 Å². The highest BCUT2D eigenvalue weighted by atomic mass is 32.1. The van der Waals surface area contributed by atoms with Crippen LogP contribution in [0.25, 0.3) is 0 Å². The molecule has 0 radical (unpaired) electrons. The molecule has 1 aromatic carbocycles. The lowest BCUT2D eigenvalue weighted by molar-refractivity contribution is -0.142. The second-order valence-corrected chi connectivity index (χ2v) is 9.00. The number of aromatic hydroxyl groups is 1. The molecule has 2 rings (SSSR count). The first kappa shape index (κ1) is 28.7. The van der Waals surface area contributed by atoms with Gasteiger partial charge in [-0.25, -0.2) is 9.78 Å². The number of hydrogen-bond acceptors (Lipinski definition) is 8. The van der Waals surface area contributed by atoms with Crippen molar-refractivity contribution in [3.63, 3.8) is 0 Å². The number of carbonyl (C=O) groups excluding carboxylic acids is 3. The number of phenolic OH excluding ortho intramolecular Hbond substituents is 1. The molecule has 0 saturated heterocycles. The lowest BCUT2D eigenvalue weighted by Crippen LogP contribution is -2.59. The fourth-order valence-electron chi connectivity index (χ4n) is 3.31. The van der Waals surface area contributed by atoms with E-state index in [4.69, 9.17) is 5.73 Å². The van der Waals surface area contributed by atoms with Gasteiger partial charge in [0.25, 0.3) is 0 Å². The average Bonchev–Trinajstić information content (AvgIpc) is 3.35. The van der Waals surface area contributed by atoms with Gasteiger partial charge in [-0.15, -0.1) is 0 Å². The number of aromatic amines is 1. The number of aromatic nitrogens is 2. The zero-order valence-corrected chi connectivity index (χ0v) is 20.9. The summed E-state index contributed by atoms with van der Waals surface area (Å²) in [6, 6.07) is 1.57. The lowest BCUT2D eigenvalue weighted by Gasteiger charge is -2.27. The zero-order valence-electron chi connectivity index (χ0n) is 20.0. The van der Waals surface area contributed by atoms with E-state index in [1.807, 2.05) is 0 Å². The number of phenols is 1. The number of imidazole rings is 1. The van der Waals surface area contributed by atoms with Gasteiger partial charge >= 0.3 is 5.97 Å². The first-order valence-corrected chi connectivity index (χ1v) is 11.9. The van der Waals surface area contributed by atoms with E-state index >= 15 is 0 Å². The Morgan fingerprint density at radius 2 is 1.64 bits per heavy atom. The molecule has 12 nitrogen and oxygen atoms in total. The van der Waals surface area contributed by atoms with E-state index < -0.39 is 53.8 Å². The number of hydrogen-bond donors (Lipinski definition) is 8. The van der Waals surface area contributed by atoms with Crippen LogP contribution in [0.2, 0.25) is 0 Å². The summed E-state index contributed by atoms with van der Waals surface area (Å²) in [5, 5.41) is 26.7. The Morgan fingerprint density at radius 3 is 2.17 bits per heavy atom. The normalized spacial score (nSPS) is 14.4. The van der Waals surface area contributed by atoms with Crippen LogP contribution in [0.5, 0.6) is 5.75 Å². The smallest absolute Gasteiger partial charge is 0.326 e. The molecule has 0 aliphatic carbocycles. The third kappa shape index (κ3) is 8.57. The van der Waals surface area contributed by atoms with Gasteiger partial charge in [-0.2, -0.15) is 12.6 Å². The van der Waals surface area contributed by atoms with Gasteiger partial charge in [-0.1, -0.05) is 26.0 Å². The Morgan fingerprint density at radius 1 is 1.00 bits per heavy atom. The molecule has 13 heteroatoms. The molecular weight excluding hydrogens is 488 g/mol. The molecule has 3 amide bonds. The van der Waals surface area contributed by atoms with Gasteiger partial charge in [0.05, 0.1) is 12.4 Å². The Bertz CT molecular complexity index is 1030. The molecule has 0 aliphatic rings. The number of carboxylic acid groups (broad SMARTS) is 1. The Hall–Kier alpha value is -3.58. The lowest BCUT2D eigenvalue weighted by atomic mass is 10.0. The second-order valence-electron chi connectivity index (χ2n) is 8.63. The number of amides is 3. The highest BCUT2D eigenvalue weighted by molar-refractivity contribution is 7.80. The molecule has 36 heavy (non-hydrogen) atoms. The fourth-order valence-corrected chi connectivity index (χ4v) is 3.47. The topological polar surface area (TPSA) is 200 Å². The Labute approximate surface area is 213 Å². The van der Waals surface area contributed by atoms with Crippen LogP contribution in [0.3, 0.4) is 0 Å². The molecule has 0 saturated carbocycles. The van der Waals surface area contributed by atoms with Crippen LogP contribution < -0.4 is 21.7 Å². The van der Waals surface area contributed by atoms with E-state index in [1.54, 1.807) is 26.0 Å². The molecule has 0 bridgehead atoms. The number of H-pyrrole nitrogens is 1. The van der Waals surface area contributed by atoms with Crippen LogP contribution in [0.15, 0.2) is 36.8 Å². The third-order valence-corrected chi connectivity index (χ3v) is 5.78. The monoisotopic (exact) mass is 520 g/mol. The number of rotatable bonds is 13. The van der Waals surface area contributed by atoms with Gasteiger partial charge in [-0.3, -0.25) is 14.4 Å². The van der Waals surface area contributed by atoms with Gasteiger partial charge in [-0.05, 0) is 23.6 Å². The molecule has 4 atom stereocenters. The molecule has 2 aromatic rings. The molecule has 1 heterocycles. The third-order valence-electron chi connectivity index (χ3n) is 5.38. The van der Waals surface area contributed by atoms with Crippen LogP contribution >= 0.6 is 12.6 Å². The standard InChI is InChI=1S/C23H32N6O6S/c1-12(2)19(22(33)28-18(23(34)35)7-13-3-5-15(30)6-4-13)29-21(32)17(8-14-9-25-11-26-14)27-20(31)16(24)10-36/h3-6,9,11-12,16-19,30,36H,7-8,10,24H2,1-2H3,(H,25,26)(H,27,31)(H,28,33)(H,29,32)(H,34,35). The fraction of sp³-hybridized carbons (Fsp3) is 0.435. The van der Waals surface area contributed by atoms with E-state index in [-0.39, 0.29) is 24.3 Å². The first-order valence-electron chi connectivity index (χ1n) is 11.3. The van der Waals surface area contributed by atoms with Crippen molar-refractivity contribution in [2.24, 2.45) is 11.7 Å². The number of thiol groups is 1. The van der Waals surface area contributed by atoms with E-state index in [0.29, 0.717) is 11.3 Å². The number of nitrogens with one attached hydrogen (secondary N) is 4. The molecule has 8 N–H and O–H groups in total. The maximum atomic E-state index is 13.1. The summed E-state index contributed by atoms with van der Waals surface area (Å²) in [6.07, 6.45) is 2.95. The summed E-state index contributed by atoms with van der Waals surface area (Å²) < 4.78 is 0. The van der Waals surface area contributed by atoms with Crippen molar-refractivity contribution < 1.29 is 29.4 Å². The largest absolute Gasteiger partial charge is 0.508 e. The van der Waals surface area contributed by atoms with Crippen molar-refractivity contribution >= 4 is 36.3 Å². The Kier molecular flexibility index (Phi) is 10.7. The summed E-state index contributed by atoms with van der Waals surface area (Å²) in [7, 11) is 0. The summed E-state index contributed by atoms with van der Waals surface area (Å²) >= 11 is 4.00. The number of nitrogens with two attached hydrogens (primary N) is 1. The van der Waals surface area contributed by atoms with Crippen LogP contribution in [0.1, 0.15) is 25.1 Å². The molecule has 0 spiro atoms. The molecule has 1 aromatic heterocycles. The predicted molar refractivity (Wildman–Crippen MR) is 134 cm³/mol. The van der Waals surface area contributed by atoms with Gasteiger partial charge in [0.1, 0.15) is 23.9 Å². The minimum absolute atomic E-state index is 0.0275. The van der Waals surface area contributed by atoms with Crippen LogP contribution in [-0.4, -0.2) is 73.8 Å². The van der Waals surface area contributed by atoms with Crippen LogP contribution in [-0.2, 0) is 32.0 Å². The minimum atomic E-state index is -1.27. The highest BCUT2D eigenvalue weighted by Crippen LogP contribution is 2.12. The van der Waals surface area contributed by atoms with Gasteiger partial charge in [0.15, 0.2) is 0 Å². The van der Waals surface area contributed by atoms with Crippen molar-refractivity contribution in [3.05, 3.63) is 48.0 Å². The van der Waals surface area contributed by atoms with Crippen molar-refractivity contribution in [3.8, 4) is 5.75 Å². The van der Waals surface area contributed by atoms with E-state index in [2.05, 4.69) is 38.5 Å². The average molecular weight is 521 g/mol.